The minimum absolute atomic E-state index is 0.0793. The Morgan fingerprint density at radius 2 is 2.03 bits per heavy atom. The number of hydrogen-bond acceptors (Lipinski definition) is 7. The van der Waals surface area contributed by atoms with Gasteiger partial charge in [0.25, 0.3) is 0 Å². The molecular weight excluding hydrogens is 380 g/mol. The minimum Gasteiger partial charge on any atom is -0.390 e. The number of piperidine rings is 1. The molecule has 30 heavy (non-hydrogen) atoms. The number of nitrogens with zero attached hydrogens (tertiary/aromatic N) is 4. The first-order valence-electron chi connectivity index (χ1n) is 10.5. The van der Waals surface area contributed by atoms with E-state index in [1.807, 2.05) is 32.0 Å². The number of fused-ring (bicyclic) bond motifs is 1. The first-order chi connectivity index (χ1) is 14.5. The highest BCUT2D eigenvalue weighted by Gasteiger charge is 2.44. The molecule has 5 rings (SSSR count). The molecule has 0 unspecified atom stereocenters. The van der Waals surface area contributed by atoms with E-state index in [2.05, 4.69) is 15.1 Å². The molecule has 1 atom stereocenters. The van der Waals surface area contributed by atoms with Crippen LogP contribution in [0.2, 0.25) is 0 Å². The Kier molecular flexibility index (Phi) is 4.72. The van der Waals surface area contributed by atoms with E-state index in [9.17, 15) is 5.11 Å². The maximum absolute atomic E-state index is 10.0. The van der Waals surface area contributed by atoms with Crippen molar-refractivity contribution in [2.45, 2.75) is 39.3 Å². The smallest absolute Gasteiger partial charge is 0.153 e. The number of aromatic amines is 1. The van der Waals surface area contributed by atoms with Crippen molar-refractivity contribution < 1.29 is 9.84 Å². The van der Waals surface area contributed by atoms with Crippen LogP contribution in [0.5, 0.6) is 0 Å². The molecule has 2 fully saturated rings. The second-order valence-corrected chi connectivity index (χ2v) is 8.63. The summed E-state index contributed by atoms with van der Waals surface area (Å²) in [6.45, 7) is 6.89. The predicted octanol–water partition coefficient (Wildman–Crippen LogP) is 2.07. The highest BCUT2D eigenvalue weighted by Crippen LogP contribution is 2.40. The van der Waals surface area contributed by atoms with Crippen molar-refractivity contribution in [2.75, 3.05) is 31.2 Å². The van der Waals surface area contributed by atoms with Gasteiger partial charge in [0.1, 0.15) is 5.69 Å². The van der Waals surface area contributed by atoms with Crippen molar-refractivity contribution in [1.29, 1.82) is 0 Å². The fourth-order valence-electron chi connectivity index (χ4n) is 4.83. The van der Waals surface area contributed by atoms with Crippen LogP contribution in [-0.4, -0.2) is 57.6 Å². The van der Waals surface area contributed by atoms with Gasteiger partial charge < -0.3 is 20.5 Å². The van der Waals surface area contributed by atoms with Crippen LogP contribution in [0.1, 0.15) is 29.9 Å². The van der Waals surface area contributed by atoms with Crippen molar-refractivity contribution in [3.8, 4) is 11.3 Å². The standard InChI is InChI=1S/C22H28N6O2/c1-13-16-4-3-15(9-17(16)27-26-13)20-14(2)24-21(18(10-29)25-20)28-7-5-22(6-8-28)12-30-11-19(22)23/h3-4,9,19,29H,5-8,10-12,23H2,1-2H3,(H,26,27)/t19-/m1/s1. The van der Waals surface area contributed by atoms with Crippen molar-refractivity contribution >= 4 is 16.7 Å². The van der Waals surface area contributed by atoms with Gasteiger partial charge in [-0.1, -0.05) is 12.1 Å². The summed E-state index contributed by atoms with van der Waals surface area (Å²) in [5.41, 5.74) is 11.5. The van der Waals surface area contributed by atoms with Gasteiger partial charge >= 0.3 is 0 Å². The summed E-state index contributed by atoms with van der Waals surface area (Å²) in [6, 6.07) is 6.23. The molecule has 0 saturated carbocycles. The van der Waals surface area contributed by atoms with Crippen molar-refractivity contribution in [2.24, 2.45) is 11.1 Å². The van der Waals surface area contributed by atoms with E-state index in [-0.39, 0.29) is 18.1 Å². The third-order valence-electron chi connectivity index (χ3n) is 6.83. The van der Waals surface area contributed by atoms with Crippen LogP contribution in [0.15, 0.2) is 18.2 Å². The number of anilines is 1. The maximum atomic E-state index is 10.0. The molecule has 158 valence electrons. The highest BCUT2D eigenvalue weighted by atomic mass is 16.5. The molecular formula is C22H28N6O2. The van der Waals surface area contributed by atoms with Crippen molar-refractivity contribution in [3.05, 3.63) is 35.3 Å². The van der Waals surface area contributed by atoms with Gasteiger partial charge in [-0.05, 0) is 32.8 Å². The van der Waals surface area contributed by atoms with E-state index in [1.54, 1.807) is 0 Å². The Morgan fingerprint density at radius 3 is 2.73 bits per heavy atom. The zero-order valence-electron chi connectivity index (χ0n) is 17.5. The Labute approximate surface area is 175 Å². The topological polar surface area (TPSA) is 113 Å². The molecule has 8 heteroatoms. The van der Waals surface area contributed by atoms with Gasteiger partial charge in [-0.25, -0.2) is 9.97 Å². The molecule has 2 saturated heterocycles. The summed E-state index contributed by atoms with van der Waals surface area (Å²) in [6.07, 6.45) is 1.94. The summed E-state index contributed by atoms with van der Waals surface area (Å²) in [5.74, 6) is 0.777. The molecule has 0 aliphatic carbocycles. The Bertz CT molecular complexity index is 1090. The van der Waals surface area contributed by atoms with Gasteiger partial charge in [0.05, 0.1) is 42.4 Å². The molecule has 0 bridgehead atoms. The van der Waals surface area contributed by atoms with Crippen LogP contribution in [0, 0.1) is 19.3 Å². The van der Waals surface area contributed by atoms with E-state index in [1.165, 1.54) is 0 Å². The van der Waals surface area contributed by atoms with Gasteiger partial charge in [0.2, 0.25) is 0 Å². The normalized spacial score (nSPS) is 21.1. The minimum atomic E-state index is -0.148. The number of aliphatic hydroxyl groups excluding tert-OH is 1. The van der Waals surface area contributed by atoms with Crippen molar-refractivity contribution in [3.63, 3.8) is 0 Å². The zero-order valence-corrected chi connectivity index (χ0v) is 17.5. The van der Waals surface area contributed by atoms with Gasteiger partial charge in [-0.2, -0.15) is 5.10 Å². The molecule has 1 spiro atoms. The average Bonchev–Trinajstić information content (AvgIpc) is 3.31. The van der Waals surface area contributed by atoms with Gasteiger partial charge in [-0.3, -0.25) is 5.10 Å². The predicted molar refractivity (Wildman–Crippen MR) is 115 cm³/mol. The molecule has 4 heterocycles. The third-order valence-corrected chi connectivity index (χ3v) is 6.83. The number of aromatic nitrogens is 4. The number of aliphatic hydroxyl groups is 1. The molecule has 0 amide bonds. The fourth-order valence-corrected chi connectivity index (χ4v) is 4.83. The highest BCUT2D eigenvalue weighted by molar-refractivity contribution is 5.85. The van der Waals surface area contributed by atoms with E-state index in [0.29, 0.717) is 12.3 Å². The molecule has 2 aliphatic heterocycles. The van der Waals surface area contributed by atoms with E-state index >= 15 is 0 Å². The number of nitrogens with one attached hydrogen (secondary N) is 1. The number of aryl methyl sites for hydroxylation is 2. The largest absolute Gasteiger partial charge is 0.390 e. The monoisotopic (exact) mass is 408 g/mol. The lowest BCUT2D eigenvalue weighted by Gasteiger charge is -2.41. The Balaban J connectivity index is 1.45. The van der Waals surface area contributed by atoms with Gasteiger partial charge in [0, 0.05) is 35.5 Å². The zero-order chi connectivity index (χ0) is 20.9. The molecule has 0 radical (unpaired) electrons. The lowest BCUT2D eigenvalue weighted by atomic mass is 9.75. The quantitative estimate of drug-likeness (QED) is 0.608. The third kappa shape index (κ3) is 3.07. The van der Waals surface area contributed by atoms with E-state index in [0.717, 1.165) is 71.9 Å². The number of benzene rings is 1. The number of rotatable bonds is 3. The SMILES string of the molecule is Cc1nc(N2CCC3(CC2)COC[C@H]3N)c(CO)nc1-c1ccc2c(C)n[nH]c2c1. The molecule has 8 nitrogen and oxygen atoms in total. The van der Waals surface area contributed by atoms with E-state index in [4.69, 9.17) is 20.4 Å². The number of ether oxygens (including phenoxy) is 1. The van der Waals surface area contributed by atoms with Crippen LogP contribution >= 0.6 is 0 Å². The number of hydrogen-bond donors (Lipinski definition) is 3. The fraction of sp³-hybridized carbons (Fsp3) is 0.500. The number of H-pyrrole nitrogens is 1. The van der Waals surface area contributed by atoms with Crippen LogP contribution < -0.4 is 10.6 Å². The van der Waals surface area contributed by atoms with Crippen molar-refractivity contribution in [1.82, 2.24) is 20.2 Å². The van der Waals surface area contributed by atoms with Crippen LogP contribution in [0.25, 0.3) is 22.2 Å². The lowest BCUT2D eigenvalue weighted by molar-refractivity contribution is 0.131. The van der Waals surface area contributed by atoms with E-state index < -0.39 is 0 Å². The Morgan fingerprint density at radius 1 is 1.23 bits per heavy atom. The average molecular weight is 409 g/mol. The van der Waals surface area contributed by atoms with Gasteiger partial charge in [-0.15, -0.1) is 0 Å². The molecule has 2 aliphatic rings. The first-order valence-corrected chi connectivity index (χ1v) is 10.5. The summed E-state index contributed by atoms with van der Waals surface area (Å²) >= 11 is 0. The summed E-state index contributed by atoms with van der Waals surface area (Å²) < 4.78 is 5.63. The van der Waals surface area contributed by atoms with Crippen LogP contribution in [0.3, 0.4) is 0 Å². The van der Waals surface area contributed by atoms with Crippen LogP contribution in [-0.2, 0) is 11.3 Å². The summed E-state index contributed by atoms with van der Waals surface area (Å²) in [7, 11) is 0. The summed E-state index contributed by atoms with van der Waals surface area (Å²) in [5, 5.41) is 18.5. The summed E-state index contributed by atoms with van der Waals surface area (Å²) in [4.78, 5) is 11.9. The van der Waals surface area contributed by atoms with Gasteiger partial charge in [0.15, 0.2) is 5.82 Å². The molecule has 4 N–H and O–H groups in total. The lowest BCUT2D eigenvalue weighted by Crippen LogP contribution is -2.49. The van der Waals surface area contributed by atoms with Crippen LogP contribution in [0.4, 0.5) is 5.82 Å². The second kappa shape index (κ2) is 7.30. The molecule has 1 aromatic carbocycles. The maximum Gasteiger partial charge on any atom is 0.153 e. The number of nitrogens with two attached hydrogens (primary N) is 1. The second-order valence-electron chi connectivity index (χ2n) is 8.63. The first kappa shape index (κ1) is 19.4. The Hall–Kier alpha value is -2.55. The molecule has 2 aromatic heterocycles. The molecule has 3 aromatic rings.